The van der Waals surface area contributed by atoms with Crippen LogP contribution in [0.4, 0.5) is 51.2 Å². The molecule has 0 amide bonds. The van der Waals surface area contributed by atoms with Gasteiger partial charge in [-0.1, -0.05) is 388 Å². The van der Waals surface area contributed by atoms with Gasteiger partial charge >= 0.3 is 0 Å². The first kappa shape index (κ1) is 77.2. The normalized spacial score (nSPS) is 11.0. The molecule has 125 heavy (non-hydrogen) atoms. The minimum Gasteiger partial charge on any atom is -0.311 e. The van der Waals surface area contributed by atoms with Crippen LogP contribution < -0.4 is 14.7 Å². The Bertz CT molecular complexity index is 7220. The Labute approximate surface area is 731 Å². The summed E-state index contributed by atoms with van der Waals surface area (Å²) in [6, 6.07) is 189. The second kappa shape index (κ2) is 35.8. The van der Waals surface area contributed by atoms with Crippen molar-refractivity contribution in [3.8, 4) is 89.0 Å². The Balaban J connectivity index is 0.000000119. The van der Waals surface area contributed by atoms with Gasteiger partial charge in [-0.05, 0) is 282 Å². The maximum Gasteiger partial charge on any atom is 0.0462 e. The van der Waals surface area contributed by atoms with Crippen LogP contribution in [0.3, 0.4) is 0 Å². The molecule has 22 rings (SSSR count). The van der Waals surface area contributed by atoms with Gasteiger partial charge in [0.05, 0.1) is 0 Å². The van der Waals surface area contributed by atoms with E-state index in [4.69, 9.17) is 0 Å². The highest BCUT2D eigenvalue weighted by Crippen LogP contribution is 2.43. The molecule has 0 saturated heterocycles. The van der Waals surface area contributed by atoms with Crippen molar-refractivity contribution in [1.82, 2.24) is 0 Å². The van der Waals surface area contributed by atoms with E-state index in [0.717, 1.165) is 51.2 Å². The highest BCUT2D eigenvalue weighted by molar-refractivity contribution is 5.94. The molecule has 590 valence electrons. The zero-order valence-corrected chi connectivity index (χ0v) is 69.1. The maximum atomic E-state index is 2.33. The minimum absolute atomic E-state index is 1.12. The first-order valence-corrected chi connectivity index (χ1v) is 42.8. The first-order valence-electron chi connectivity index (χ1n) is 42.8. The summed E-state index contributed by atoms with van der Waals surface area (Å²) in [4.78, 5) is 6.96. The summed E-state index contributed by atoms with van der Waals surface area (Å²) < 4.78 is 0. The van der Waals surface area contributed by atoms with E-state index in [9.17, 15) is 0 Å². The number of benzene rings is 22. The molecule has 0 N–H and O–H groups in total. The van der Waals surface area contributed by atoms with Crippen LogP contribution >= 0.6 is 0 Å². The van der Waals surface area contributed by atoms with Gasteiger partial charge in [-0.25, -0.2) is 0 Å². The van der Waals surface area contributed by atoms with Gasteiger partial charge in [-0.3, -0.25) is 0 Å². The van der Waals surface area contributed by atoms with Gasteiger partial charge in [0, 0.05) is 51.2 Å². The number of nitrogens with zero attached hydrogens (tertiary/aromatic N) is 3. The fourth-order valence-corrected chi connectivity index (χ4v) is 17.1. The Morgan fingerprint density at radius 2 is 0.200 bits per heavy atom. The lowest BCUT2D eigenvalue weighted by Gasteiger charge is -2.26. The molecule has 0 aliphatic carbocycles. The van der Waals surface area contributed by atoms with Crippen LogP contribution in [0.2, 0.25) is 0 Å². The summed E-state index contributed by atoms with van der Waals surface area (Å²) in [5.41, 5.74) is 29.6. The van der Waals surface area contributed by atoms with Crippen molar-refractivity contribution < 1.29 is 0 Å². The van der Waals surface area contributed by atoms with E-state index < -0.39 is 0 Å². The van der Waals surface area contributed by atoms with E-state index in [1.165, 1.54) is 143 Å². The molecule has 0 radical (unpaired) electrons. The van der Waals surface area contributed by atoms with Gasteiger partial charge in [0.2, 0.25) is 0 Å². The van der Waals surface area contributed by atoms with E-state index >= 15 is 0 Å². The molecule has 0 spiro atoms. The van der Waals surface area contributed by atoms with E-state index in [1.54, 1.807) is 0 Å². The Morgan fingerprint density at radius 3 is 0.384 bits per heavy atom. The van der Waals surface area contributed by atoms with Crippen molar-refractivity contribution in [2.75, 3.05) is 14.7 Å². The van der Waals surface area contributed by atoms with E-state index in [0.29, 0.717) is 0 Å². The molecule has 22 aromatic carbocycles. The van der Waals surface area contributed by atoms with Crippen LogP contribution in [0.1, 0.15) is 0 Å². The second-order valence-corrected chi connectivity index (χ2v) is 31.6. The summed E-state index contributed by atoms with van der Waals surface area (Å²) in [5, 5.41) is 12.6. The van der Waals surface area contributed by atoms with Gasteiger partial charge < -0.3 is 14.7 Å². The van der Waals surface area contributed by atoms with Crippen LogP contribution in [0.15, 0.2) is 528 Å². The predicted octanol–water partition coefficient (Wildman–Crippen LogP) is 34.6. The lowest BCUT2D eigenvalue weighted by Crippen LogP contribution is -2.09. The smallest absolute Gasteiger partial charge is 0.0462 e. The lowest BCUT2D eigenvalue weighted by molar-refractivity contribution is 1.28. The van der Waals surface area contributed by atoms with Gasteiger partial charge in [0.25, 0.3) is 0 Å². The fourth-order valence-electron chi connectivity index (χ4n) is 17.1. The van der Waals surface area contributed by atoms with Crippen molar-refractivity contribution in [1.29, 1.82) is 0 Å². The van der Waals surface area contributed by atoms with Crippen LogP contribution in [-0.2, 0) is 0 Å². The Kier molecular flexibility index (Phi) is 22.1. The van der Waals surface area contributed by atoms with Crippen LogP contribution in [0.5, 0.6) is 0 Å². The van der Waals surface area contributed by atoms with Gasteiger partial charge in [0.1, 0.15) is 0 Å². The molecule has 0 bridgehead atoms. The summed E-state index contributed by atoms with van der Waals surface area (Å²) in [7, 11) is 0. The van der Waals surface area contributed by atoms with Gasteiger partial charge in [0.15, 0.2) is 0 Å². The van der Waals surface area contributed by atoms with Crippen LogP contribution in [-0.4, -0.2) is 0 Å². The second-order valence-electron chi connectivity index (χ2n) is 31.6. The maximum absolute atomic E-state index is 2.33. The summed E-state index contributed by atoms with van der Waals surface area (Å²) in [6.07, 6.45) is 0. The van der Waals surface area contributed by atoms with E-state index in [-0.39, 0.29) is 0 Å². The molecule has 0 aliphatic heterocycles. The van der Waals surface area contributed by atoms with Crippen molar-refractivity contribution in [3.63, 3.8) is 0 Å². The molecule has 3 nitrogen and oxygen atoms in total. The molecule has 3 heteroatoms. The van der Waals surface area contributed by atoms with Gasteiger partial charge in [-0.15, -0.1) is 0 Å². The monoisotopic (exact) mass is 1590 g/mol. The molecule has 0 atom stereocenters. The van der Waals surface area contributed by atoms with Crippen molar-refractivity contribution in [3.05, 3.63) is 528 Å². The number of rotatable bonds is 17. The number of hydrogen-bond acceptors (Lipinski definition) is 3. The lowest BCUT2D eigenvalue weighted by atomic mass is 9.98. The highest BCUT2D eigenvalue weighted by Gasteiger charge is 2.19. The number of hydrogen-bond donors (Lipinski definition) is 0. The molecular formula is C122H87N3. The molecular weight excluding hydrogens is 1510 g/mol. The largest absolute Gasteiger partial charge is 0.311 e. The van der Waals surface area contributed by atoms with Crippen molar-refractivity contribution in [2.45, 2.75) is 0 Å². The van der Waals surface area contributed by atoms with E-state index in [2.05, 4.69) is 542 Å². The topological polar surface area (TPSA) is 9.72 Å². The van der Waals surface area contributed by atoms with E-state index in [1.807, 2.05) is 0 Å². The predicted molar refractivity (Wildman–Crippen MR) is 534 cm³/mol. The summed E-state index contributed by atoms with van der Waals surface area (Å²) >= 11 is 0. The highest BCUT2D eigenvalue weighted by atomic mass is 15.2. The quantitative estimate of drug-likeness (QED) is 0.0900. The third-order valence-electron chi connectivity index (χ3n) is 23.8. The molecule has 0 aromatic heterocycles. The zero-order chi connectivity index (χ0) is 83.5. The fraction of sp³-hybridized carbons (Fsp3) is 0. The molecule has 0 saturated carbocycles. The molecule has 22 aromatic rings. The first-order chi connectivity index (χ1) is 61.9. The number of para-hydroxylation sites is 2. The summed E-state index contributed by atoms with van der Waals surface area (Å²) in [5.74, 6) is 0. The Morgan fingerprint density at radius 1 is 0.0800 bits per heavy atom. The average molecular weight is 1600 g/mol. The third kappa shape index (κ3) is 17.2. The molecule has 0 unspecified atom stereocenters. The minimum atomic E-state index is 1.12. The standard InChI is InChI=1S/C44H31N.C40H29N.C38H27N/c1-2-12-42(13-3-1)45(44-28-24-37(25-29-44)41-21-19-33-9-5-7-11-39(33)31-41)43-26-22-35(23-27-43)34-14-16-36(17-15-34)40-20-18-32-8-4-6-10-38(32)30-40;1-3-9-30(10-4-1)33-17-23-38(24-18-33)41(39-25-19-34(20-26-39)31-11-5-2-6-12-31)40-27-21-35(22-28-40)37-16-15-32-13-7-8-14-36(32)29-37;1-2-12-36(13-3-1)39(37-22-18-30(19-23-37)34-16-14-28-8-4-6-10-32(28)26-34)38-24-20-31(21-25-38)35-17-15-29-9-5-7-11-33(29)27-35/h1-31H;1-29H;1-27H. The van der Waals surface area contributed by atoms with Crippen molar-refractivity contribution in [2.24, 2.45) is 0 Å². The number of anilines is 9. The number of fused-ring (bicyclic) bond motifs is 5. The van der Waals surface area contributed by atoms with Crippen LogP contribution in [0, 0.1) is 0 Å². The van der Waals surface area contributed by atoms with Crippen molar-refractivity contribution >= 4 is 105 Å². The zero-order valence-electron chi connectivity index (χ0n) is 69.1. The molecule has 0 heterocycles. The Hall–Kier alpha value is -16.5. The molecule has 0 fully saturated rings. The SMILES string of the molecule is c1ccc(-c2ccc(N(c3ccc(-c4ccccc4)cc3)c3ccc(-c4ccc5ccccc5c4)cc3)cc2)cc1.c1ccc(N(c2ccc(-c3ccc(-c4ccc5ccccc5c4)cc3)cc2)c2ccc(-c3ccc4ccccc4c3)cc2)cc1.c1ccc(N(c2ccc(-c3ccc4ccccc4c3)cc2)c2ccc(-c3ccc4ccccc4c3)cc2)cc1. The van der Waals surface area contributed by atoms with Gasteiger partial charge in [-0.2, -0.15) is 0 Å². The summed E-state index contributed by atoms with van der Waals surface area (Å²) in [6.45, 7) is 0. The molecule has 0 aliphatic rings. The van der Waals surface area contributed by atoms with Crippen LogP contribution in [0.25, 0.3) is 143 Å². The average Bonchev–Trinajstić information content (AvgIpc) is 0.762. The third-order valence-corrected chi connectivity index (χ3v) is 23.8.